The molecule has 38 heteroatoms. The minimum Gasteiger partial charge on any atom is -0.478 e. The molecule has 3 aliphatic rings. The van der Waals surface area contributed by atoms with Crippen LogP contribution in [0, 0.1) is 47.1 Å². The lowest BCUT2D eigenvalue weighted by atomic mass is 9.77. The predicted octanol–water partition coefficient (Wildman–Crippen LogP) is 10.4. The number of phosphoric acid groups is 1. The first kappa shape index (κ1) is 86.7. The van der Waals surface area contributed by atoms with Gasteiger partial charge < -0.3 is 49.4 Å². The highest BCUT2D eigenvalue weighted by Crippen LogP contribution is 2.47. The SMILES string of the molecule is COC(=O)N[C@H](C(=O)C[C@@H](Cc1ccc(C#Cc2cnc(N3CC4CCC(C3)N4C3COC3)nc2)cc1)[C@H](CN(Cc1c(F)cc(-c2ccn(C(F)F)n2)cc1F)NC(=O)[C@@H](NC(=O)OC)C(C)(C)C(F)(F)F)OC(=O)CC(C)(C)c1c(CC(=O)NCc2ccc(C(=O)O)cc2)cc(C)cc1OP(=O)(O)O)C(C)(C)C(F)(F)F. The Hall–Kier alpha value is -10.3. The zero-order valence-corrected chi connectivity index (χ0v) is 63.4. The molecular formula is C75H84F10N11O16P. The molecule has 4 aromatic carbocycles. The second-order valence-corrected chi connectivity index (χ2v) is 30.7. The number of hydrogen-bond donors (Lipinski definition) is 7. The van der Waals surface area contributed by atoms with E-state index in [4.69, 9.17) is 14.0 Å². The number of carboxylic acid groups (broad SMARTS) is 1. The van der Waals surface area contributed by atoms with Crippen molar-refractivity contribution in [1.82, 2.24) is 51.0 Å². The number of carbonyl (C=O) groups excluding carboxylic acids is 6. The van der Waals surface area contributed by atoms with Crippen LogP contribution in [0.5, 0.6) is 5.75 Å². The molecule has 3 fully saturated rings. The first-order valence-corrected chi connectivity index (χ1v) is 36.8. The molecule has 610 valence electrons. The third-order valence-corrected chi connectivity index (χ3v) is 20.5. The highest BCUT2D eigenvalue weighted by Gasteiger charge is 2.58. The summed E-state index contributed by atoms with van der Waals surface area (Å²) in [5.41, 5.74) is -6.98. The van der Waals surface area contributed by atoms with Crippen molar-refractivity contribution in [1.29, 1.82) is 0 Å². The highest BCUT2D eigenvalue weighted by atomic mass is 31.2. The molecule has 0 saturated carbocycles. The zero-order valence-electron chi connectivity index (χ0n) is 62.6. The molecule has 27 nitrogen and oxygen atoms in total. The number of ether oxygens (including phenoxy) is 4. The molecule has 6 aromatic rings. The van der Waals surface area contributed by atoms with Crippen molar-refractivity contribution < 1.29 is 120 Å². The smallest absolute Gasteiger partial charge is 0.478 e. The second-order valence-electron chi connectivity index (χ2n) is 29.5. The van der Waals surface area contributed by atoms with Crippen LogP contribution >= 0.6 is 7.82 Å². The number of esters is 1. The van der Waals surface area contributed by atoms with Gasteiger partial charge in [-0.15, -0.1) is 0 Å². The van der Waals surface area contributed by atoms with Gasteiger partial charge in [-0.3, -0.25) is 39.3 Å². The number of rotatable bonds is 31. The normalized spacial score (nSPS) is 16.7. The summed E-state index contributed by atoms with van der Waals surface area (Å²) in [6.45, 7) is 2.93. The van der Waals surface area contributed by atoms with Gasteiger partial charge in [0.05, 0.1) is 80.5 Å². The van der Waals surface area contributed by atoms with E-state index >= 15 is 44.7 Å². The number of hydrazine groups is 1. The molecule has 113 heavy (non-hydrogen) atoms. The number of alkyl halides is 8. The van der Waals surface area contributed by atoms with Crippen molar-refractivity contribution in [2.75, 3.05) is 52.0 Å². The number of halogens is 10. The number of hydrogen-bond acceptors (Lipinski definition) is 19. The van der Waals surface area contributed by atoms with Crippen LogP contribution in [0.4, 0.5) is 59.4 Å². The number of anilines is 1. The van der Waals surface area contributed by atoms with E-state index in [1.165, 1.54) is 75.4 Å². The number of Topliss-reactive ketones (excluding diaryl/α,β-unsaturated/α-hetero) is 1. The first-order valence-electron chi connectivity index (χ1n) is 35.3. The average Bonchev–Trinajstić information content (AvgIpc) is 1.72. The molecule has 4 amide bonds. The number of amides is 4. The lowest BCUT2D eigenvalue weighted by molar-refractivity contribution is -0.221. The van der Waals surface area contributed by atoms with E-state index in [1.807, 2.05) is 5.32 Å². The Morgan fingerprint density at radius 2 is 1.32 bits per heavy atom. The molecule has 3 saturated heterocycles. The maximum atomic E-state index is 16.9. The fourth-order valence-electron chi connectivity index (χ4n) is 13.8. The Bertz CT molecular complexity index is 4550. The number of aryl methyl sites for hydroxylation is 1. The van der Waals surface area contributed by atoms with E-state index in [-0.39, 0.29) is 39.0 Å². The molecule has 2 bridgehead atoms. The largest absolute Gasteiger partial charge is 0.524 e. The first-order chi connectivity index (χ1) is 52.8. The molecule has 5 heterocycles. The number of ketones is 1. The molecular weight excluding hydrogens is 1530 g/mol. The zero-order chi connectivity index (χ0) is 83.0. The minimum absolute atomic E-state index is 0.0319. The van der Waals surface area contributed by atoms with Crippen LogP contribution in [0.2, 0.25) is 0 Å². The molecule has 2 unspecified atom stereocenters. The van der Waals surface area contributed by atoms with E-state index in [1.54, 1.807) is 17.7 Å². The fourth-order valence-corrected chi connectivity index (χ4v) is 14.2. The van der Waals surface area contributed by atoms with Crippen LogP contribution in [0.1, 0.15) is 129 Å². The van der Waals surface area contributed by atoms with Gasteiger partial charge in [0.2, 0.25) is 11.9 Å². The predicted molar refractivity (Wildman–Crippen MR) is 383 cm³/mol. The Balaban J connectivity index is 1.16. The van der Waals surface area contributed by atoms with Gasteiger partial charge >= 0.3 is 50.8 Å². The number of benzene rings is 4. The van der Waals surface area contributed by atoms with Gasteiger partial charge in [-0.25, -0.2) is 47.4 Å². The number of fused-ring (bicyclic) bond motifs is 2. The van der Waals surface area contributed by atoms with E-state index in [2.05, 4.69) is 56.9 Å². The van der Waals surface area contributed by atoms with Crippen LogP contribution in [-0.2, 0) is 74.0 Å². The van der Waals surface area contributed by atoms with Crippen LogP contribution in [-0.4, -0.2) is 182 Å². The summed E-state index contributed by atoms with van der Waals surface area (Å²) in [5.74, 6) is -5.73. The van der Waals surface area contributed by atoms with E-state index in [0.29, 0.717) is 112 Å². The molecule has 6 atom stereocenters. The average molecular weight is 1620 g/mol. The molecule has 3 aliphatic heterocycles. The van der Waals surface area contributed by atoms with Crippen molar-refractivity contribution in [3.63, 3.8) is 0 Å². The Labute approximate surface area is 642 Å². The minimum atomic E-state index is -5.57. The summed E-state index contributed by atoms with van der Waals surface area (Å²) in [6, 6.07) is 11.6. The van der Waals surface area contributed by atoms with E-state index in [9.17, 15) is 52.2 Å². The number of carboxylic acids is 1. The maximum Gasteiger partial charge on any atom is 0.524 e. The van der Waals surface area contributed by atoms with Gasteiger partial charge in [-0.2, -0.15) is 40.2 Å². The Morgan fingerprint density at radius 3 is 1.85 bits per heavy atom. The molecule has 0 radical (unpaired) electrons. The van der Waals surface area contributed by atoms with E-state index in [0.717, 1.165) is 45.4 Å². The number of aromatic nitrogens is 4. The molecule has 0 aliphatic carbocycles. The summed E-state index contributed by atoms with van der Waals surface area (Å²) in [7, 11) is -4.05. The monoisotopic (exact) mass is 1620 g/mol. The number of aromatic carboxylic acids is 1. The molecule has 0 spiro atoms. The van der Waals surface area contributed by atoms with Crippen LogP contribution in [0.3, 0.4) is 0 Å². The van der Waals surface area contributed by atoms with Gasteiger partial charge in [-0.1, -0.05) is 56.0 Å². The van der Waals surface area contributed by atoms with Gasteiger partial charge in [0, 0.05) is 96.9 Å². The number of piperazine rings is 1. The molecule has 9 rings (SSSR count). The lowest BCUT2D eigenvalue weighted by Gasteiger charge is -2.47. The lowest BCUT2D eigenvalue weighted by Crippen LogP contribution is -2.62. The number of phosphoric ester groups is 1. The summed E-state index contributed by atoms with van der Waals surface area (Å²) in [6.07, 6.45) is -13.7. The van der Waals surface area contributed by atoms with Crippen LogP contribution < -0.4 is 30.8 Å². The van der Waals surface area contributed by atoms with Crippen LogP contribution in [0.25, 0.3) is 11.3 Å². The van der Waals surface area contributed by atoms with Crippen molar-refractivity contribution in [2.24, 2.45) is 16.7 Å². The number of carbonyl (C=O) groups is 7. The maximum absolute atomic E-state index is 16.9. The summed E-state index contributed by atoms with van der Waals surface area (Å²) < 4.78 is 192. The Morgan fingerprint density at radius 1 is 0.752 bits per heavy atom. The standard InChI is InChI=1S/C75H84F10N11O16P/c1-41-24-49(30-60(98)86-32-44-16-18-46(19-17-44)66(101)102)62(58(25-41)112-113(105,106)107)71(2,3)31-61(99)111-59(38-94(92-65(100)64(90-70(104)109-9)73(6,7)75(83,84)85)37-53-54(76)27-47(28-55(53)77)56-22-23-95(91-56)67(78)79)48(29-57(97)63(89-69(103)108-8)72(4,5)74(80,81)82)26-43-13-10-42(11-14-43)12-15-45-33-87-68(88-34-45)93-35-50-20-21-51(36-93)96(50)52-39-110-40-52/h10-11,13-14,16-19,22-25,27-28,33-34,48,50-52,59,63-64,67H,20-21,26,29-32,35-40H2,1-9H3,(H,86,98)(H,89,103)(H,90,104)(H,92,100)(H,101,102)(H2,105,106,107)/t48-,50?,51?,59+,63-,64-/m1/s1. The third kappa shape index (κ3) is 21.7. The summed E-state index contributed by atoms with van der Waals surface area (Å²) in [4.78, 5) is 131. The van der Waals surface area contributed by atoms with Gasteiger partial charge in [0.25, 0.3) is 5.91 Å². The van der Waals surface area contributed by atoms with Gasteiger partial charge in [0.15, 0.2) is 5.78 Å². The molecule has 2 aromatic heterocycles. The number of methoxy groups -OCH3 is 2. The third-order valence-electron chi connectivity index (χ3n) is 20.1. The highest BCUT2D eigenvalue weighted by molar-refractivity contribution is 7.46. The van der Waals surface area contributed by atoms with Crippen molar-refractivity contribution in [3.05, 3.63) is 159 Å². The summed E-state index contributed by atoms with van der Waals surface area (Å²) >= 11 is 0. The topological polar surface area (TPSA) is 345 Å². The molecule has 7 N–H and O–H groups in total. The van der Waals surface area contributed by atoms with E-state index < -0.39 is 182 Å². The number of nitrogens with one attached hydrogen (secondary N) is 4. The van der Waals surface area contributed by atoms with Crippen molar-refractivity contribution in [2.45, 2.75) is 161 Å². The Kier molecular flexibility index (Phi) is 27.2. The quantitative estimate of drug-likeness (QED) is 0.00531. The van der Waals surface area contributed by atoms with Gasteiger partial charge in [-0.05, 0) is 125 Å². The van der Waals surface area contributed by atoms with Gasteiger partial charge in [0.1, 0.15) is 35.6 Å². The number of alkyl carbamates (subject to hydrolysis) is 2. The summed E-state index contributed by atoms with van der Waals surface area (Å²) in [5, 5.41) is 19.9. The van der Waals surface area contributed by atoms with Crippen molar-refractivity contribution in [3.8, 4) is 28.8 Å². The number of nitrogens with zero attached hydrogens (tertiary/aromatic N) is 7. The second kappa shape index (κ2) is 35.4. The fraction of sp³-hybridized carbons (Fsp3) is 0.467. The van der Waals surface area contributed by atoms with Crippen LogP contribution in [0.15, 0.2) is 97.5 Å². The van der Waals surface area contributed by atoms with Crippen molar-refractivity contribution >= 4 is 55.5 Å².